The fraction of sp³-hybridized carbons (Fsp3) is 0.800. The number of carbonyl (C=O) groups is 2. The van der Waals surface area contributed by atoms with E-state index in [1.807, 2.05) is 0 Å². The first-order valence-corrected chi connectivity index (χ1v) is 5.72. The van der Waals surface area contributed by atoms with E-state index in [0.29, 0.717) is 6.04 Å². The highest BCUT2D eigenvalue weighted by molar-refractivity contribution is 5.97. The Bertz CT molecular complexity index is 307. The molecule has 2 rings (SSSR count). The number of nitrogens with one attached hydrogen (secondary N) is 1. The van der Waals surface area contributed by atoms with Crippen LogP contribution in [-0.4, -0.2) is 47.0 Å². The summed E-state index contributed by atoms with van der Waals surface area (Å²) in [7, 11) is 0. The molecule has 2 aliphatic rings. The number of amides is 2. The molecule has 3 N–H and O–H groups in total. The summed E-state index contributed by atoms with van der Waals surface area (Å²) in [6, 6.07) is 0.268. The SMILES string of the molecule is CCC(=O)N(N)C(=O)C1CCC2CN1CN2. The topological polar surface area (TPSA) is 78.7 Å². The molecule has 2 heterocycles. The zero-order valence-corrected chi connectivity index (χ0v) is 9.48. The average Bonchev–Trinajstić information content (AvgIpc) is 2.68. The zero-order valence-electron chi connectivity index (χ0n) is 9.48. The van der Waals surface area contributed by atoms with Gasteiger partial charge >= 0.3 is 0 Å². The van der Waals surface area contributed by atoms with Crippen LogP contribution in [0.4, 0.5) is 0 Å². The number of carbonyl (C=O) groups excluding carboxylic acids is 2. The summed E-state index contributed by atoms with van der Waals surface area (Å²) in [4.78, 5) is 25.4. The van der Waals surface area contributed by atoms with Crippen LogP contribution in [0.5, 0.6) is 0 Å². The highest BCUT2D eigenvalue weighted by Gasteiger charge is 2.39. The number of fused-ring (bicyclic) bond motifs is 2. The van der Waals surface area contributed by atoms with Crippen LogP contribution >= 0.6 is 0 Å². The highest BCUT2D eigenvalue weighted by Crippen LogP contribution is 2.22. The van der Waals surface area contributed by atoms with Gasteiger partial charge in [0, 0.05) is 25.7 Å². The quantitative estimate of drug-likeness (QED) is 0.359. The number of nitrogens with zero attached hydrogens (tertiary/aromatic N) is 2. The van der Waals surface area contributed by atoms with Gasteiger partial charge in [-0.1, -0.05) is 6.92 Å². The molecular weight excluding hydrogens is 208 g/mol. The van der Waals surface area contributed by atoms with Crippen LogP contribution in [0, 0.1) is 0 Å². The molecule has 0 aromatic heterocycles. The number of hydrogen-bond donors (Lipinski definition) is 2. The van der Waals surface area contributed by atoms with Crippen LogP contribution in [0.15, 0.2) is 0 Å². The third-order valence-electron chi connectivity index (χ3n) is 3.36. The average molecular weight is 226 g/mol. The van der Waals surface area contributed by atoms with Gasteiger partial charge in [-0.05, 0) is 12.8 Å². The summed E-state index contributed by atoms with van der Waals surface area (Å²) in [5.41, 5.74) is 0. The monoisotopic (exact) mass is 226 g/mol. The van der Waals surface area contributed by atoms with Crippen molar-refractivity contribution in [1.29, 1.82) is 0 Å². The van der Waals surface area contributed by atoms with Crippen molar-refractivity contribution in [3.8, 4) is 0 Å². The Labute approximate surface area is 94.7 Å². The minimum atomic E-state index is -0.320. The maximum Gasteiger partial charge on any atom is 0.260 e. The van der Waals surface area contributed by atoms with Gasteiger partial charge in [0.05, 0.1) is 6.04 Å². The van der Waals surface area contributed by atoms with Gasteiger partial charge in [0.25, 0.3) is 5.91 Å². The molecule has 0 aromatic carbocycles. The van der Waals surface area contributed by atoms with Crippen molar-refractivity contribution in [1.82, 2.24) is 15.2 Å². The first-order valence-electron chi connectivity index (χ1n) is 5.72. The minimum Gasteiger partial charge on any atom is -0.300 e. The summed E-state index contributed by atoms with van der Waals surface area (Å²) in [5.74, 6) is 4.93. The van der Waals surface area contributed by atoms with Crippen molar-refractivity contribution >= 4 is 11.8 Å². The Hall–Kier alpha value is -0.980. The third-order valence-corrected chi connectivity index (χ3v) is 3.36. The van der Waals surface area contributed by atoms with E-state index < -0.39 is 0 Å². The van der Waals surface area contributed by atoms with Crippen molar-refractivity contribution in [2.24, 2.45) is 5.84 Å². The molecule has 2 bridgehead atoms. The number of hydrogen-bond acceptors (Lipinski definition) is 5. The summed E-state index contributed by atoms with van der Waals surface area (Å²) >= 11 is 0. The number of piperidine rings is 1. The van der Waals surface area contributed by atoms with E-state index in [1.54, 1.807) is 6.92 Å². The fourth-order valence-corrected chi connectivity index (χ4v) is 2.36. The van der Waals surface area contributed by atoms with Crippen LogP contribution in [0.3, 0.4) is 0 Å². The zero-order chi connectivity index (χ0) is 11.7. The van der Waals surface area contributed by atoms with Crippen LogP contribution in [-0.2, 0) is 9.59 Å². The number of imide groups is 1. The van der Waals surface area contributed by atoms with Crippen molar-refractivity contribution < 1.29 is 9.59 Å². The molecule has 2 saturated heterocycles. The molecule has 0 spiro atoms. The first kappa shape index (κ1) is 11.5. The van der Waals surface area contributed by atoms with E-state index in [4.69, 9.17) is 5.84 Å². The lowest BCUT2D eigenvalue weighted by Crippen LogP contribution is -2.54. The molecule has 0 radical (unpaired) electrons. The van der Waals surface area contributed by atoms with Gasteiger partial charge in [-0.2, -0.15) is 0 Å². The molecule has 2 amide bonds. The van der Waals surface area contributed by atoms with Crippen LogP contribution in [0.25, 0.3) is 0 Å². The van der Waals surface area contributed by atoms with Crippen molar-refractivity contribution in [2.45, 2.75) is 38.3 Å². The van der Waals surface area contributed by atoms with E-state index in [1.165, 1.54) is 0 Å². The van der Waals surface area contributed by atoms with Gasteiger partial charge in [0.2, 0.25) is 5.91 Å². The van der Waals surface area contributed by atoms with E-state index in [-0.39, 0.29) is 24.3 Å². The lowest BCUT2D eigenvalue weighted by molar-refractivity contribution is -0.149. The van der Waals surface area contributed by atoms with Gasteiger partial charge in [0.15, 0.2) is 0 Å². The molecule has 2 aliphatic heterocycles. The second-order valence-electron chi connectivity index (χ2n) is 4.38. The van der Waals surface area contributed by atoms with Crippen LogP contribution in [0.2, 0.25) is 0 Å². The molecule has 2 fully saturated rings. The Morgan fingerprint density at radius 3 is 2.94 bits per heavy atom. The molecule has 90 valence electrons. The Kier molecular flexibility index (Phi) is 3.22. The Morgan fingerprint density at radius 1 is 1.50 bits per heavy atom. The molecule has 3 atom stereocenters. The van der Waals surface area contributed by atoms with E-state index in [2.05, 4.69) is 10.2 Å². The number of rotatable bonds is 2. The van der Waals surface area contributed by atoms with Crippen LogP contribution in [0.1, 0.15) is 26.2 Å². The largest absolute Gasteiger partial charge is 0.300 e. The van der Waals surface area contributed by atoms with Crippen LogP contribution < -0.4 is 11.2 Å². The van der Waals surface area contributed by atoms with E-state index in [9.17, 15) is 9.59 Å². The van der Waals surface area contributed by atoms with E-state index in [0.717, 1.165) is 31.1 Å². The second-order valence-corrected chi connectivity index (χ2v) is 4.38. The first-order chi connectivity index (χ1) is 7.63. The molecule has 0 aromatic rings. The maximum atomic E-state index is 12.0. The summed E-state index contributed by atoms with van der Waals surface area (Å²) in [6.07, 6.45) is 2.01. The lowest BCUT2D eigenvalue weighted by atomic mass is 10.0. The number of nitrogens with two attached hydrogens (primary N) is 1. The van der Waals surface area contributed by atoms with Gasteiger partial charge < -0.3 is 5.32 Å². The van der Waals surface area contributed by atoms with Gasteiger partial charge in [-0.3, -0.25) is 14.5 Å². The van der Waals surface area contributed by atoms with Crippen molar-refractivity contribution in [3.05, 3.63) is 0 Å². The second kappa shape index (κ2) is 4.48. The van der Waals surface area contributed by atoms with Gasteiger partial charge in [0.1, 0.15) is 0 Å². The predicted molar refractivity (Wildman–Crippen MR) is 57.9 cm³/mol. The Morgan fingerprint density at radius 2 is 2.25 bits per heavy atom. The molecule has 16 heavy (non-hydrogen) atoms. The molecule has 0 saturated carbocycles. The van der Waals surface area contributed by atoms with Gasteiger partial charge in [-0.15, -0.1) is 0 Å². The molecular formula is C10H18N4O2. The fourth-order valence-electron chi connectivity index (χ4n) is 2.36. The minimum absolute atomic E-state index is 0.230. The van der Waals surface area contributed by atoms with E-state index >= 15 is 0 Å². The third kappa shape index (κ3) is 1.95. The summed E-state index contributed by atoms with van der Waals surface area (Å²) in [5, 5.41) is 4.10. The molecule has 6 nitrogen and oxygen atoms in total. The summed E-state index contributed by atoms with van der Waals surface area (Å²) in [6.45, 7) is 3.30. The highest BCUT2D eigenvalue weighted by atomic mass is 16.2. The smallest absolute Gasteiger partial charge is 0.260 e. The van der Waals surface area contributed by atoms with Crippen molar-refractivity contribution in [3.63, 3.8) is 0 Å². The lowest BCUT2D eigenvalue weighted by Gasteiger charge is -2.31. The predicted octanol–water partition coefficient (Wildman–Crippen LogP) is -0.981. The molecule has 0 aliphatic carbocycles. The molecule has 6 heteroatoms. The van der Waals surface area contributed by atoms with Gasteiger partial charge in [-0.25, -0.2) is 10.9 Å². The number of hydrazine groups is 1. The maximum absolute atomic E-state index is 12.0. The van der Waals surface area contributed by atoms with Crippen molar-refractivity contribution in [2.75, 3.05) is 13.2 Å². The standard InChI is InChI=1S/C10H18N4O2/c1-2-9(15)14(11)10(16)8-4-3-7-5-13(8)6-12-7/h7-8,12H,2-6,11H2,1H3. The summed E-state index contributed by atoms with van der Waals surface area (Å²) < 4.78 is 0. The normalized spacial score (nSPS) is 32.5. The Balaban J connectivity index is 2.01. The molecule has 3 unspecified atom stereocenters.